The third kappa shape index (κ3) is 2.99. The first-order valence-electron chi connectivity index (χ1n) is 4.84. The third-order valence-corrected chi connectivity index (χ3v) is 5.73. The molecule has 1 atom stereocenters. The first-order chi connectivity index (χ1) is 7.99. The molecular weight excluding hydrogens is 362 g/mol. The number of alkyl halides is 1. The van der Waals surface area contributed by atoms with Gasteiger partial charge in [0.25, 0.3) is 0 Å². The molecule has 0 nitrogen and oxygen atoms in total. The predicted octanol–water partition coefficient (Wildman–Crippen LogP) is 6.45. The summed E-state index contributed by atoms with van der Waals surface area (Å²) in [5.41, 5.74) is 2.06. The molecule has 0 aliphatic heterocycles. The van der Waals surface area contributed by atoms with Crippen LogP contribution in [0.5, 0.6) is 0 Å². The van der Waals surface area contributed by atoms with Gasteiger partial charge in [-0.05, 0) is 52.2 Å². The van der Waals surface area contributed by atoms with Crippen LogP contribution < -0.4 is 0 Å². The van der Waals surface area contributed by atoms with Crippen molar-refractivity contribution in [3.8, 4) is 0 Å². The monoisotopic (exact) mass is 368 g/mol. The van der Waals surface area contributed by atoms with Crippen LogP contribution in [0.25, 0.3) is 0 Å². The minimum absolute atomic E-state index is 0.241. The molecule has 1 aromatic carbocycles. The zero-order valence-corrected chi connectivity index (χ0v) is 13.5. The van der Waals surface area contributed by atoms with Crippen LogP contribution in [-0.4, -0.2) is 0 Å². The van der Waals surface area contributed by atoms with Crippen LogP contribution in [0, 0.1) is 6.92 Å². The van der Waals surface area contributed by atoms with Crippen LogP contribution in [0.1, 0.15) is 21.4 Å². The molecule has 0 N–H and O–H groups in total. The molecular formula is C12H8BrCl3S. The van der Waals surface area contributed by atoms with E-state index in [-0.39, 0.29) is 5.38 Å². The molecule has 2 aromatic rings. The van der Waals surface area contributed by atoms with E-state index >= 15 is 0 Å². The lowest BCUT2D eigenvalue weighted by Gasteiger charge is -2.09. The average molecular weight is 371 g/mol. The number of benzene rings is 1. The molecule has 2 rings (SSSR count). The Balaban J connectivity index is 2.39. The number of rotatable bonds is 2. The maximum absolute atomic E-state index is 6.44. The van der Waals surface area contributed by atoms with Crippen LogP contribution in [-0.2, 0) is 0 Å². The smallest absolute Gasteiger partial charge is 0.0942 e. The summed E-state index contributed by atoms with van der Waals surface area (Å²) in [4.78, 5) is 1.07. The van der Waals surface area contributed by atoms with Crippen molar-refractivity contribution >= 4 is 62.1 Å². The van der Waals surface area contributed by atoms with Gasteiger partial charge in [-0.2, -0.15) is 0 Å². The highest BCUT2D eigenvalue weighted by Gasteiger charge is 2.17. The minimum Gasteiger partial charge on any atom is -0.131 e. The van der Waals surface area contributed by atoms with E-state index in [9.17, 15) is 0 Å². The van der Waals surface area contributed by atoms with Gasteiger partial charge in [0.1, 0.15) is 0 Å². The molecule has 90 valence electrons. The molecule has 0 spiro atoms. The Bertz CT molecular complexity index is 531. The van der Waals surface area contributed by atoms with Crippen molar-refractivity contribution in [2.75, 3.05) is 0 Å². The van der Waals surface area contributed by atoms with Gasteiger partial charge in [-0.1, -0.05) is 29.3 Å². The summed E-state index contributed by atoms with van der Waals surface area (Å²) in [6.45, 7) is 2.04. The molecule has 5 heteroatoms. The van der Waals surface area contributed by atoms with Crippen molar-refractivity contribution in [3.63, 3.8) is 0 Å². The fourth-order valence-corrected chi connectivity index (χ4v) is 4.00. The molecule has 17 heavy (non-hydrogen) atoms. The van der Waals surface area contributed by atoms with Gasteiger partial charge in [0, 0.05) is 14.9 Å². The van der Waals surface area contributed by atoms with Gasteiger partial charge in [0.2, 0.25) is 0 Å². The van der Waals surface area contributed by atoms with Gasteiger partial charge < -0.3 is 0 Å². The van der Waals surface area contributed by atoms with Gasteiger partial charge in [0.15, 0.2) is 0 Å². The molecule has 0 aliphatic carbocycles. The third-order valence-electron chi connectivity index (χ3n) is 2.36. The highest BCUT2D eigenvalue weighted by atomic mass is 79.9. The average Bonchev–Trinajstić information content (AvgIpc) is 2.58. The standard InChI is InChI=1S/C12H8BrCl3S/c1-6-4-10(17-12(6)13)11(16)8-3-2-7(14)5-9(8)15/h2-5,11H,1H3. The lowest BCUT2D eigenvalue weighted by atomic mass is 10.1. The van der Waals surface area contributed by atoms with E-state index in [4.69, 9.17) is 34.8 Å². The van der Waals surface area contributed by atoms with Gasteiger partial charge in [-0.25, -0.2) is 0 Å². The van der Waals surface area contributed by atoms with E-state index in [0.717, 1.165) is 14.2 Å². The molecule has 0 bridgehead atoms. The van der Waals surface area contributed by atoms with E-state index < -0.39 is 0 Å². The minimum atomic E-state index is -0.241. The molecule has 0 saturated carbocycles. The summed E-state index contributed by atoms with van der Waals surface area (Å²) < 4.78 is 1.10. The second-order valence-corrected chi connectivity index (χ2v) is 7.32. The second-order valence-electron chi connectivity index (χ2n) is 3.63. The lowest BCUT2D eigenvalue weighted by molar-refractivity contribution is 1.18. The molecule has 1 unspecified atom stereocenters. The van der Waals surface area contributed by atoms with Crippen LogP contribution in [0.3, 0.4) is 0 Å². The molecule has 0 aliphatic rings. The summed E-state index contributed by atoms with van der Waals surface area (Å²) in [6.07, 6.45) is 0. The number of halogens is 4. The molecule has 1 heterocycles. The predicted molar refractivity (Wildman–Crippen MR) is 80.9 cm³/mol. The number of aryl methyl sites for hydroxylation is 1. The maximum Gasteiger partial charge on any atom is 0.0942 e. The summed E-state index contributed by atoms with van der Waals surface area (Å²) in [6, 6.07) is 7.44. The van der Waals surface area contributed by atoms with Crippen molar-refractivity contribution in [2.24, 2.45) is 0 Å². The van der Waals surface area contributed by atoms with Crippen LogP contribution in [0.15, 0.2) is 28.1 Å². The van der Waals surface area contributed by atoms with Gasteiger partial charge >= 0.3 is 0 Å². The van der Waals surface area contributed by atoms with Crippen molar-refractivity contribution in [1.29, 1.82) is 0 Å². The van der Waals surface area contributed by atoms with E-state index in [0.29, 0.717) is 10.0 Å². The van der Waals surface area contributed by atoms with E-state index in [2.05, 4.69) is 22.0 Å². The van der Waals surface area contributed by atoms with Gasteiger partial charge in [-0.3, -0.25) is 0 Å². The molecule has 0 amide bonds. The van der Waals surface area contributed by atoms with Crippen LogP contribution >= 0.6 is 62.1 Å². The quantitative estimate of drug-likeness (QED) is 0.533. The highest BCUT2D eigenvalue weighted by molar-refractivity contribution is 9.11. The Labute approximate surface area is 128 Å². The molecule has 0 radical (unpaired) electrons. The van der Waals surface area contributed by atoms with Crippen molar-refractivity contribution in [3.05, 3.63) is 54.1 Å². The Kier molecular flexibility index (Phi) is 4.43. The number of thiophene rings is 1. The summed E-state index contributed by atoms with van der Waals surface area (Å²) in [5.74, 6) is 0. The Morgan fingerprint density at radius 3 is 2.47 bits per heavy atom. The summed E-state index contributed by atoms with van der Waals surface area (Å²) in [5, 5.41) is 0.973. The van der Waals surface area contributed by atoms with E-state index in [1.807, 2.05) is 13.0 Å². The number of hydrogen-bond acceptors (Lipinski definition) is 1. The number of hydrogen-bond donors (Lipinski definition) is 0. The summed E-state index contributed by atoms with van der Waals surface area (Å²) in [7, 11) is 0. The first-order valence-corrected chi connectivity index (χ1v) is 7.64. The fourth-order valence-electron chi connectivity index (χ4n) is 1.47. The molecule has 0 fully saturated rings. The highest BCUT2D eigenvalue weighted by Crippen LogP contribution is 2.40. The first kappa shape index (κ1) is 13.7. The lowest BCUT2D eigenvalue weighted by Crippen LogP contribution is -1.91. The maximum atomic E-state index is 6.44. The van der Waals surface area contributed by atoms with Crippen molar-refractivity contribution < 1.29 is 0 Å². The topological polar surface area (TPSA) is 0 Å². The largest absolute Gasteiger partial charge is 0.131 e. The Hall–Kier alpha value is 0.270. The van der Waals surface area contributed by atoms with Crippen LogP contribution in [0.2, 0.25) is 10.0 Å². The van der Waals surface area contributed by atoms with Crippen LogP contribution in [0.4, 0.5) is 0 Å². The zero-order chi connectivity index (χ0) is 12.6. The van der Waals surface area contributed by atoms with Crippen molar-refractivity contribution in [2.45, 2.75) is 12.3 Å². The molecule has 0 saturated heterocycles. The normalized spacial score (nSPS) is 12.8. The Morgan fingerprint density at radius 2 is 1.94 bits per heavy atom. The summed E-state index contributed by atoms with van der Waals surface area (Å²) >= 11 is 23.6. The zero-order valence-electron chi connectivity index (χ0n) is 8.81. The SMILES string of the molecule is Cc1cc(C(Cl)c2ccc(Cl)cc2Cl)sc1Br. The van der Waals surface area contributed by atoms with E-state index in [1.165, 1.54) is 5.56 Å². The van der Waals surface area contributed by atoms with E-state index in [1.54, 1.807) is 23.5 Å². The molecule has 1 aromatic heterocycles. The fraction of sp³-hybridized carbons (Fsp3) is 0.167. The Morgan fingerprint density at radius 1 is 1.24 bits per heavy atom. The van der Waals surface area contributed by atoms with Crippen molar-refractivity contribution in [1.82, 2.24) is 0 Å². The van der Waals surface area contributed by atoms with Gasteiger partial charge in [-0.15, -0.1) is 22.9 Å². The van der Waals surface area contributed by atoms with Gasteiger partial charge in [0.05, 0.1) is 9.16 Å². The second kappa shape index (κ2) is 5.50.